The lowest BCUT2D eigenvalue weighted by molar-refractivity contribution is 0.0906. The topological polar surface area (TPSA) is 68.7 Å². The first-order valence-corrected chi connectivity index (χ1v) is 7.51. The zero-order chi connectivity index (χ0) is 14.8. The summed E-state index contributed by atoms with van der Waals surface area (Å²) < 4.78 is 0. The van der Waals surface area contributed by atoms with E-state index < -0.39 is 0 Å². The Balaban J connectivity index is 1.79. The highest BCUT2D eigenvalue weighted by molar-refractivity contribution is 5.98. The molecular weight excluding hydrogens is 262 g/mol. The number of hydrogen-bond donors (Lipinski definition) is 2. The van der Waals surface area contributed by atoms with Gasteiger partial charge in [0.2, 0.25) is 0 Å². The number of nitriles is 1. The Labute approximate surface area is 124 Å². The van der Waals surface area contributed by atoms with E-state index in [0.29, 0.717) is 17.2 Å². The summed E-state index contributed by atoms with van der Waals surface area (Å²) in [6, 6.07) is 9.63. The molecule has 0 unspecified atom stereocenters. The van der Waals surface area contributed by atoms with Gasteiger partial charge in [-0.1, -0.05) is 25.8 Å². The van der Waals surface area contributed by atoms with Crippen LogP contribution in [0.2, 0.25) is 0 Å². The van der Waals surface area contributed by atoms with Gasteiger partial charge in [0, 0.05) is 16.9 Å². The van der Waals surface area contributed by atoms with Gasteiger partial charge in [-0.2, -0.15) is 5.26 Å². The molecule has 3 rings (SSSR count). The summed E-state index contributed by atoms with van der Waals surface area (Å²) >= 11 is 0. The number of carbonyl (C=O) groups excluding carboxylic acids is 1. The number of aromatic nitrogens is 1. The Morgan fingerprint density at radius 3 is 2.90 bits per heavy atom. The molecule has 1 aliphatic rings. The molecule has 4 nitrogen and oxygen atoms in total. The van der Waals surface area contributed by atoms with Gasteiger partial charge in [0.15, 0.2) is 0 Å². The third kappa shape index (κ3) is 2.78. The first-order chi connectivity index (χ1) is 10.2. The second-order valence-corrected chi connectivity index (χ2v) is 5.94. The van der Waals surface area contributed by atoms with E-state index in [1.54, 1.807) is 12.1 Å². The molecule has 1 saturated carbocycles. The quantitative estimate of drug-likeness (QED) is 0.886. The number of fused-ring (bicyclic) bond motifs is 1. The van der Waals surface area contributed by atoms with Crippen molar-refractivity contribution in [3.63, 3.8) is 0 Å². The Morgan fingerprint density at radius 1 is 1.33 bits per heavy atom. The van der Waals surface area contributed by atoms with Crippen LogP contribution in [0.15, 0.2) is 24.3 Å². The molecule has 2 aromatic rings. The van der Waals surface area contributed by atoms with Crippen LogP contribution >= 0.6 is 0 Å². The Kier molecular flexibility index (Phi) is 3.66. The zero-order valence-corrected chi connectivity index (χ0v) is 12.1. The molecule has 0 aliphatic heterocycles. The van der Waals surface area contributed by atoms with Gasteiger partial charge in [-0.15, -0.1) is 0 Å². The van der Waals surface area contributed by atoms with Crippen molar-refractivity contribution in [2.45, 2.75) is 38.6 Å². The van der Waals surface area contributed by atoms with Gasteiger partial charge in [0.05, 0.1) is 11.6 Å². The van der Waals surface area contributed by atoms with Crippen LogP contribution in [0.3, 0.4) is 0 Å². The number of nitrogens with zero attached hydrogens (tertiary/aromatic N) is 1. The summed E-state index contributed by atoms with van der Waals surface area (Å²) in [5.41, 5.74) is 1.99. The summed E-state index contributed by atoms with van der Waals surface area (Å²) in [6.07, 6.45) is 4.69. The van der Waals surface area contributed by atoms with E-state index in [1.807, 2.05) is 12.1 Å². The second kappa shape index (κ2) is 5.61. The first kappa shape index (κ1) is 13.7. The molecule has 0 spiro atoms. The van der Waals surface area contributed by atoms with Crippen LogP contribution in [0, 0.1) is 17.2 Å². The largest absolute Gasteiger partial charge is 0.350 e. The van der Waals surface area contributed by atoms with Gasteiger partial charge >= 0.3 is 0 Å². The van der Waals surface area contributed by atoms with Gasteiger partial charge in [0.25, 0.3) is 5.91 Å². The van der Waals surface area contributed by atoms with Crippen molar-refractivity contribution in [1.29, 1.82) is 5.26 Å². The maximum Gasteiger partial charge on any atom is 0.267 e. The molecule has 1 aromatic carbocycles. The molecule has 2 N–H and O–H groups in total. The smallest absolute Gasteiger partial charge is 0.267 e. The summed E-state index contributed by atoms with van der Waals surface area (Å²) in [6.45, 7) is 2.20. The molecule has 1 amide bonds. The number of H-pyrrole nitrogens is 1. The van der Waals surface area contributed by atoms with Crippen molar-refractivity contribution in [2.24, 2.45) is 5.92 Å². The van der Waals surface area contributed by atoms with Gasteiger partial charge in [0.1, 0.15) is 5.69 Å². The minimum atomic E-state index is -0.0524. The Bertz CT molecular complexity index is 710. The van der Waals surface area contributed by atoms with Gasteiger partial charge in [-0.05, 0) is 37.0 Å². The highest BCUT2D eigenvalue weighted by Gasteiger charge is 2.23. The van der Waals surface area contributed by atoms with Crippen molar-refractivity contribution in [1.82, 2.24) is 10.3 Å². The lowest BCUT2D eigenvalue weighted by atomic mass is 9.86. The zero-order valence-electron chi connectivity index (χ0n) is 12.1. The van der Waals surface area contributed by atoms with Gasteiger partial charge in [-0.25, -0.2) is 0 Å². The van der Waals surface area contributed by atoms with Crippen LogP contribution in [0.25, 0.3) is 10.9 Å². The van der Waals surface area contributed by atoms with E-state index in [2.05, 4.69) is 23.3 Å². The SMILES string of the molecule is C[C@H]1CCCC[C@H]1NC(=O)c1cc2ccc(C#N)cc2[nH]1. The number of carbonyl (C=O) groups is 1. The van der Waals surface area contributed by atoms with Gasteiger partial charge < -0.3 is 10.3 Å². The molecule has 21 heavy (non-hydrogen) atoms. The third-order valence-corrected chi connectivity index (χ3v) is 4.42. The molecule has 1 aromatic heterocycles. The number of nitrogens with one attached hydrogen (secondary N) is 2. The summed E-state index contributed by atoms with van der Waals surface area (Å²) in [5, 5.41) is 13.0. The average molecular weight is 281 g/mol. The summed E-state index contributed by atoms with van der Waals surface area (Å²) in [7, 11) is 0. The summed E-state index contributed by atoms with van der Waals surface area (Å²) in [4.78, 5) is 15.5. The minimum Gasteiger partial charge on any atom is -0.350 e. The first-order valence-electron chi connectivity index (χ1n) is 7.51. The van der Waals surface area contributed by atoms with Crippen molar-refractivity contribution >= 4 is 16.8 Å². The molecule has 4 heteroatoms. The number of aromatic amines is 1. The fourth-order valence-corrected chi connectivity index (χ4v) is 3.10. The van der Waals surface area contributed by atoms with E-state index >= 15 is 0 Å². The van der Waals surface area contributed by atoms with E-state index in [0.717, 1.165) is 17.3 Å². The van der Waals surface area contributed by atoms with E-state index in [-0.39, 0.29) is 11.9 Å². The molecule has 0 bridgehead atoms. The number of rotatable bonds is 2. The average Bonchev–Trinajstić information content (AvgIpc) is 2.92. The predicted octanol–water partition coefficient (Wildman–Crippen LogP) is 3.35. The molecule has 1 aliphatic carbocycles. The highest BCUT2D eigenvalue weighted by Crippen LogP contribution is 2.24. The normalized spacial score (nSPS) is 21.9. The highest BCUT2D eigenvalue weighted by atomic mass is 16.1. The number of amides is 1. The molecule has 108 valence electrons. The summed E-state index contributed by atoms with van der Waals surface area (Å²) in [5.74, 6) is 0.487. The minimum absolute atomic E-state index is 0.0524. The van der Waals surface area contributed by atoms with E-state index in [4.69, 9.17) is 5.26 Å². The fraction of sp³-hybridized carbons (Fsp3) is 0.412. The van der Waals surface area contributed by atoms with Crippen LogP contribution in [0.1, 0.15) is 48.7 Å². The maximum atomic E-state index is 12.4. The van der Waals surface area contributed by atoms with Crippen LogP contribution in [0.5, 0.6) is 0 Å². The maximum absolute atomic E-state index is 12.4. The number of hydrogen-bond acceptors (Lipinski definition) is 2. The van der Waals surface area contributed by atoms with Crippen molar-refractivity contribution in [2.75, 3.05) is 0 Å². The Morgan fingerprint density at radius 2 is 2.14 bits per heavy atom. The van der Waals surface area contributed by atoms with Crippen molar-refractivity contribution in [3.05, 3.63) is 35.5 Å². The predicted molar refractivity (Wildman–Crippen MR) is 81.9 cm³/mol. The lowest BCUT2D eigenvalue weighted by Crippen LogP contribution is -2.41. The van der Waals surface area contributed by atoms with Crippen molar-refractivity contribution < 1.29 is 4.79 Å². The molecule has 2 atom stereocenters. The van der Waals surface area contributed by atoms with Crippen LogP contribution in [-0.2, 0) is 0 Å². The molecule has 1 fully saturated rings. The fourth-order valence-electron chi connectivity index (χ4n) is 3.10. The molecule has 1 heterocycles. The van der Waals surface area contributed by atoms with Gasteiger partial charge in [-0.3, -0.25) is 4.79 Å². The van der Waals surface area contributed by atoms with E-state index in [9.17, 15) is 4.79 Å². The molecular formula is C17H19N3O. The standard InChI is InChI=1S/C17H19N3O/c1-11-4-2-3-5-14(11)20-17(21)16-9-13-7-6-12(10-18)8-15(13)19-16/h6-9,11,14,19H,2-5H2,1H3,(H,20,21)/t11-,14+/m0/s1. The molecule has 0 saturated heterocycles. The Hall–Kier alpha value is -2.28. The molecule has 0 radical (unpaired) electrons. The van der Waals surface area contributed by atoms with Crippen LogP contribution in [-0.4, -0.2) is 16.9 Å². The number of benzene rings is 1. The third-order valence-electron chi connectivity index (χ3n) is 4.42. The van der Waals surface area contributed by atoms with Crippen LogP contribution in [0.4, 0.5) is 0 Å². The second-order valence-electron chi connectivity index (χ2n) is 5.94. The van der Waals surface area contributed by atoms with Crippen molar-refractivity contribution in [3.8, 4) is 6.07 Å². The van der Waals surface area contributed by atoms with Crippen LogP contribution < -0.4 is 5.32 Å². The monoisotopic (exact) mass is 281 g/mol. The lowest BCUT2D eigenvalue weighted by Gasteiger charge is -2.29. The van der Waals surface area contributed by atoms with E-state index in [1.165, 1.54) is 19.3 Å².